The van der Waals surface area contributed by atoms with Crippen LogP contribution in [0.4, 0.5) is 0 Å². The van der Waals surface area contributed by atoms with Crippen LogP contribution in [0.1, 0.15) is 55.3 Å². The van der Waals surface area contributed by atoms with Gasteiger partial charge in [0, 0.05) is 12.5 Å². The van der Waals surface area contributed by atoms with Gasteiger partial charge in [-0.2, -0.15) is 0 Å². The van der Waals surface area contributed by atoms with Gasteiger partial charge in [-0.1, -0.05) is 25.4 Å². The molecule has 1 aliphatic heterocycles. The predicted molar refractivity (Wildman–Crippen MR) is 79.0 cm³/mol. The van der Waals surface area contributed by atoms with Crippen molar-refractivity contribution in [1.82, 2.24) is 14.9 Å². The molecule has 0 aliphatic carbocycles. The van der Waals surface area contributed by atoms with Crippen LogP contribution in [0.15, 0.2) is 6.20 Å². The quantitative estimate of drug-likeness (QED) is 0.920. The van der Waals surface area contributed by atoms with Crippen LogP contribution in [0.2, 0.25) is 5.02 Å². The summed E-state index contributed by atoms with van der Waals surface area (Å²) in [7, 11) is 0. The second-order valence-corrected chi connectivity index (χ2v) is 5.90. The molecule has 114 valence electrons. The van der Waals surface area contributed by atoms with Crippen molar-refractivity contribution in [2.75, 3.05) is 6.54 Å². The predicted octanol–water partition coefficient (Wildman–Crippen LogP) is 1.73. The third kappa shape index (κ3) is 3.32. The van der Waals surface area contributed by atoms with Crippen molar-refractivity contribution >= 4 is 23.4 Å². The lowest BCUT2D eigenvalue weighted by molar-refractivity contribution is -0.123. The SMILES string of the molecule is CC(C)c1ncc(Cl)c(C(=O)N2CCCCC2C(N)=O)n1. The number of hydrogen-bond donors (Lipinski definition) is 1. The molecule has 2 N–H and O–H groups in total. The van der Waals surface area contributed by atoms with E-state index in [1.54, 1.807) is 0 Å². The molecule has 1 fully saturated rings. The minimum atomic E-state index is -0.584. The maximum Gasteiger partial charge on any atom is 0.274 e. The highest BCUT2D eigenvalue weighted by atomic mass is 35.5. The van der Waals surface area contributed by atoms with E-state index in [0.29, 0.717) is 18.8 Å². The Morgan fingerprint density at radius 1 is 1.43 bits per heavy atom. The highest BCUT2D eigenvalue weighted by Gasteiger charge is 2.33. The van der Waals surface area contributed by atoms with Gasteiger partial charge in [-0.3, -0.25) is 9.59 Å². The molecule has 2 heterocycles. The number of amides is 2. The van der Waals surface area contributed by atoms with Crippen LogP contribution in [-0.2, 0) is 4.79 Å². The molecule has 1 aromatic heterocycles. The summed E-state index contributed by atoms with van der Waals surface area (Å²) < 4.78 is 0. The molecule has 2 rings (SSSR count). The lowest BCUT2D eigenvalue weighted by Crippen LogP contribution is -2.50. The number of aromatic nitrogens is 2. The van der Waals surface area contributed by atoms with Crippen LogP contribution < -0.4 is 5.73 Å². The molecule has 21 heavy (non-hydrogen) atoms. The fourth-order valence-corrected chi connectivity index (χ4v) is 2.59. The van der Waals surface area contributed by atoms with Gasteiger partial charge in [-0.05, 0) is 19.3 Å². The van der Waals surface area contributed by atoms with E-state index >= 15 is 0 Å². The molecule has 2 amide bonds. The van der Waals surface area contributed by atoms with Crippen LogP contribution >= 0.6 is 11.6 Å². The van der Waals surface area contributed by atoms with Gasteiger partial charge >= 0.3 is 0 Å². The molecule has 6 nitrogen and oxygen atoms in total. The summed E-state index contributed by atoms with van der Waals surface area (Å²) in [6.07, 6.45) is 3.74. The minimum Gasteiger partial charge on any atom is -0.368 e. The van der Waals surface area contributed by atoms with Gasteiger partial charge in [0.25, 0.3) is 5.91 Å². The van der Waals surface area contributed by atoms with Gasteiger partial charge < -0.3 is 10.6 Å². The molecule has 0 saturated carbocycles. The fourth-order valence-electron chi connectivity index (χ4n) is 2.42. The average Bonchev–Trinajstić information content (AvgIpc) is 2.46. The average molecular weight is 311 g/mol. The molecule has 1 unspecified atom stereocenters. The zero-order chi connectivity index (χ0) is 15.6. The maximum atomic E-state index is 12.7. The van der Waals surface area contributed by atoms with Crippen molar-refractivity contribution in [2.24, 2.45) is 5.73 Å². The smallest absolute Gasteiger partial charge is 0.274 e. The maximum absolute atomic E-state index is 12.7. The summed E-state index contributed by atoms with van der Waals surface area (Å²) in [5.74, 6) is -0.206. The number of hydrogen-bond acceptors (Lipinski definition) is 4. The normalized spacial score (nSPS) is 18.9. The Morgan fingerprint density at radius 2 is 2.14 bits per heavy atom. The molecular formula is C14H19ClN4O2. The third-order valence-corrected chi connectivity index (χ3v) is 3.85. The summed E-state index contributed by atoms with van der Waals surface area (Å²) in [4.78, 5) is 34.0. The van der Waals surface area contributed by atoms with E-state index in [0.717, 1.165) is 12.8 Å². The van der Waals surface area contributed by atoms with E-state index in [1.165, 1.54) is 11.1 Å². The third-order valence-electron chi connectivity index (χ3n) is 3.57. The summed E-state index contributed by atoms with van der Waals surface area (Å²) in [6, 6.07) is -0.584. The number of rotatable bonds is 3. The second-order valence-electron chi connectivity index (χ2n) is 5.49. The lowest BCUT2D eigenvalue weighted by Gasteiger charge is -2.33. The van der Waals surface area contributed by atoms with Crippen molar-refractivity contribution < 1.29 is 9.59 Å². The van der Waals surface area contributed by atoms with Crippen molar-refractivity contribution in [3.8, 4) is 0 Å². The van der Waals surface area contributed by atoms with E-state index in [-0.39, 0.29) is 22.5 Å². The monoisotopic (exact) mass is 310 g/mol. The molecule has 1 aromatic rings. The van der Waals surface area contributed by atoms with Crippen LogP contribution in [0.5, 0.6) is 0 Å². The second kappa shape index (κ2) is 6.39. The van der Waals surface area contributed by atoms with Crippen molar-refractivity contribution in [2.45, 2.75) is 45.1 Å². The van der Waals surface area contributed by atoms with Gasteiger partial charge in [0.2, 0.25) is 5.91 Å². The lowest BCUT2D eigenvalue weighted by atomic mass is 10.0. The van der Waals surface area contributed by atoms with E-state index in [4.69, 9.17) is 17.3 Å². The Bertz CT molecular complexity index is 562. The Morgan fingerprint density at radius 3 is 2.76 bits per heavy atom. The first-order valence-corrected chi connectivity index (χ1v) is 7.42. The molecular weight excluding hydrogens is 292 g/mol. The molecule has 7 heteroatoms. The first-order chi connectivity index (χ1) is 9.91. The molecule has 0 bridgehead atoms. The Kier molecular flexibility index (Phi) is 4.77. The van der Waals surface area contributed by atoms with Crippen LogP contribution in [0, 0.1) is 0 Å². The van der Waals surface area contributed by atoms with Crippen molar-refractivity contribution in [3.05, 3.63) is 22.7 Å². The van der Waals surface area contributed by atoms with E-state index in [2.05, 4.69) is 9.97 Å². The first kappa shape index (κ1) is 15.7. The number of nitrogens with two attached hydrogens (primary N) is 1. The van der Waals surface area contributed by atoms with Gasteiger partial charge in [0.05, 0.1) is 11.2 Å². The summed E-state index contributed by atoms with van der Waals surface area (Å²) in [5.41, 5.74) is 5.53. The minimum absolute atomic E-state index is 0.0853. The van der Waals surface area contributed by atoms with Crippen LogP contribution in [0.3, 0.4) is 0 Å². The molecule has 1 atom stereocenters. The first-order valence-electron chi connectivity index (χ1n) is 7.04. The summed E-state index contributed by atoms with van der Waals surface area (Å²) >= 11 is 6.05. The largest absolute Gasteiger partial charge is 0.368 e. The number of likely N-dealkylation sites (tertiary alicyclic amines) is 1. The molecule has 1 saturated heterocycles. The zero-order valence-corrected chi connectivity index (χ0v) is 12.9. The summed E-state index contributed by atoms with van der Waals surface area (Å²) in [6.45, 7) is 4.36. The van der Waals surface area contributed by atoms with Crippen molar-refractivity contribution in [3.63, 3.8) is 0 Å². The number of halogens is 1. The van der Waals surface area contributed by atoms with Gasteiger partial charge in [0.1, 0.15) is 11.9 Å². The molecule has 1 aliphatic rings. The Hall–Kier alpha value is -1.69. The van der Waals surface area contributed by atoms with Gasteiger partial charge in [0.15, 0.2) is 5.69 Å². The highest BCUT2D eigenvalue weighted by molar-refractivity contribution is 6.33. The highest BCUT2D eigenvalue weighted by Crippen LogP contribution is 2.23. The number of piperidine rings is 1. The number of carbonyl (C=O) groups is 2. The summed E-state index contributed by atoms with van der Waals surface area (Å²) in [5, 5.41) is 0.193. The molecule has 0 aromatic carbocycles. The number of carbonyl (C=O) groups excluding carboxylic acids is 2. The fraction of sp³-hybridized carbons (Fsp3) is 0.571. The molecule has 0 radical (unpaired) electrons. The molecule has 0 spiro atoms. The zero-order valence-electron chi connectivity index (χ0n) is 12.2. The number of nitrogens with zero attached hydrogens (tertiary/aromatic N) is 3. The van der Waals surface area contributed by atoms with Crippen LogP contribution in [-0.4, -0.2) is 39.3 Å². The Balaban J connectivity index is 2.34. The topological polar surface area (TPSA) is 89.2 Å². The number of primary amides is 1. The standard InChI is InChI=1S/C14H19ClN4O2/c1-8(2)13-17-7-9(15)11(18-13)14(21)19-6-4-3-5-10(19)12(16)20/h7-8,10H,3-6H2,1-2H3,(H2,16,20). The van der Waals surface area contributed by atoms with Gasteiger partial charge in [-0.25, -0.2) is 9.97 Å². The van der Waals surface area contributed by atoms with E-state index in [9.17, 15) is 9.59 Å². The van der Waals surface area contributed by atoms with Crippen LogP contribution in [0.25, 0.3) is 0 Å². The van der Waals surface area contributed by atoms with E-state index < -0.39 is 11.9 Å². The Labute approximate surface area is 128 Å². The van der Waals surface area contributed by atoms with E-state index in [1.807, 2.05) is 13.8 Å². The van der Waals surface area contributed by atoms with Crippen molar-refractivity contribution in [1.29, 1.82) is 0 Å². The van der Waals surface area contributed by atoms with Gasteiger partial charge in [-0.15, -0.1) is 0 Å².